The fourth-order valence-corrected chi connectivity index (χ4v) is 2.42. The lowest BCUT2D eigenvalue weighted by Crippen LogP contribution is -2.37. The number of nitrogens with zero attached hydrogens (tertiary/aromatic N) is 2. The molecule has 0 saturated carbocycles. The average molecular weight is 394 g/mol. The number of halogens is 1. The molecule has 0 atom stereocenters. The predicted molar refractivity (Wildman–Crippen MR) is 99.1 cm³/mol. The van der Waals surface area contributed by atoms with Crippen molar-refractivity contribution in [2.45, 2.75) is 38.5 Å². The average Bonchev–Trinajstić information content (AvgIpc) is 2.47. The molecular weight excluding hydrogens is 363 g/mol. The van der Waals surface area contributed by atoms with Gasteiger partial charge in [0.25, 0.3) is 0 Å². The zero-order chi connectivity index (χ0) is 13.8. The van der Waals surface area contributed by atoms with Gasteiger partial charge in [-0.15, -0.1) is 30.6 Å². The monoisotopic (exact) mass is 394 g/mol. The molecule has 0 radical (unpaired) electrons. The lowest BCUT2D eigenvalue weighted by atomic mass is 10.1. The van der Waals surface area contributed by atoms with E-state index in [9.17, 15) is 0 Å². The third-order valence-corrected chi connectivity index (χ3v) is 3.53. The number of likely N-dealkylation sites (tertiary alicyclic amines) is 1. The van der Waals surface area contributed by atoms with Crippen molar-refractivity contribution >= 4 is 29.9 Å². The van der Waals surface area contributed by atoms with Crippen LogP contribution in [0, 0.1) is 0 Å². The summed E-state index contributed by atoms with van der Waals surface area (Å²) in [5, 5.41) is 6.49. The number of hydrogen-bond donors (Lipinski definition) is 2. The highest BCUT2D eigenvalue weighted by atomic mass is 127. The van der Waals surface area contributed by atoms with Crippen LogP contribution in [0.25, 0.3) is 0 Å². The molecule has 0 aromatic heterocycles. The van der Waals surface area contributed by atoms with E-state index in [-0.39, 0.29) is 24.0 Å². The second-order valence-electron chi connectivity index (χ2n) is 5.13. The summed E-state index contributed by atoms with van der Waals surface area (Å²) in [6, 6.07) is 0. The summed E-state index contributed by atoms with van der Waals surface area (Å²) >= 11 is 0. The topological polar surface area (TPSA) is 39.7 Å². The van der Waals surface area contributed by atoms with Crippen molar-refractivity contribution in [2.75, 3.05) is 39.8 Å². The van der Waals surface area contributed by atoms with E-state index in [0.29, 0.717) is 0 Å². The van der Waals surface area contributed by atoms with Gasteiger partial charge in [0.1, 0.15) is 0 Å². The van der Waals surface area contributed by atoms with E-state index in [4.69, 9.17) is 0 Å². The molecule has 1 aliphatic rings. The van der Waals surface area contributed by atoms with E-state index in [0.717, 1.165) is 19.0 Å². The summed E-state index contributed by atoms with van der Waals surface area (Å²) in [4.78, 5) is 6.77. The Labute approximate surface area is 141 Å². The van der Waals surface area contributed by atoms with Crippen molar-refractivity contribution in [2.24, 2.45) is 4.99 Å². The molecule has 0 aromatic carbocycles. The Hall–Kier alpha value is -0.300. The Balaban J connectivity index is 0.00000361. The van der Waals surface area contributed by atoms with Crippen LogP contribution in [0.4, 0.5) is 0 Å². The molecule has 4 nitrogen and oxygen atoms in total. The van der Waals surface area contributed by atoms with Gasteiger partial charge in [0.15, 0.2) is 5.96 Å². The molecular formula is C15H31IN4. The van der Waals surface area contributed by atoms with Crippen LogP contribution < -0.4 is 10.6 Å². The molecule has 2 N–H and O–H groups in total. The first-order chi connectivity index (χ1) is 9.36. The van der Waals surface area contributed by atoms with E-state index >= 15 is 0 Å². The van der Waals surface area contributed by atoms with Crippen LogP contribution in [-0.2, 0) is 0 Å². The van der Waals surface area contributed by atoms with Crippen LogP contribution >= 0.6 is 24.0 Å². The maximum atomic E-state index is 4.16. The molecule has 118 valence electrons. The van der Waals surface area contributed by atoms with Crippen molar-refractivity contribution in [3.05, 3.63) is 12.7 Å². The molecule has 0 aromatic rings. The Kier molecular flexibility index (Phi) is 13.5. The Morgan fingerprint density at radius 2 is 1.90 bits per heavy atom. The van der Waals surface area contributed by atoms with Gasteiger partial charge < -0.3 is 15.5 Å². The van der Waals surface area contributed by atoms with Crippen molar-refractivity contribution in [3.63, 3.8) is 0 Å². The molecule has 5 heteroatoms. The minimum absolute atomic E-state index is 0. The van der Waals surface area contributed by atoms with Crippen LogP contribution in [0.15, 0.2) is 17.6 Å². The first-order valence-corrected chi connectivity index (χ1v) is 7.64. The molecule has 1 aliphatic heterocycles. The van der Waals surface area contributed by atoms with Crippen LogP contribution in [0.1, 0.15) is 38.5 Å². The first kappa shape index (κ1) is 19.7. The summed E-state index contributed by atoms with van der Waals surface area (Å²) in [7, 11) is 1.80. The van der Waals surface area contributed by atoms with Gasteiger partial charge in [-0.2, -0.15) is 0 Å². The normalized spacial score (nSPS) is 16.4. The van der Waals surface area contributed by atoms with Gasteiger partial charge in [-0.3, -0.25) is 4.99 Å². The molecule has 1 saturated heterocycles. The van der Waals surface area contributed by atoms with Gasteiger partial charge in [-0.25, -0.2) is 0 Å². The van der Waals surface area contributed by atoms with E-state index in [1.54, 1.807) is 7.05 Å². The third kappa shape index (κ3) is 9.58. The SMILES string of the molecule is C=CCNC(=NC)NCCCCCN1CCCCC1.I. The second kappa shape index (κ2) is 13.7. The van der Waals surface area contributed by atoms with Crippen LogP contribution in [0.2, 0.25) is 0 Å². The highest BCUT2D eigenvalue weighted by Crippen LogP contribution is 2.09. The van der Waals surface area contributed by atoms with Gasteiger partial charge in [-0.05, 0) is 45.3 Å². The third-order valence-electron chi connectivity index (χ3n) is 3.53. The first-order valence-electron chi connectivity index (χ1n) is 7.64. The molecule has 20 heavy (non-hydrogen) atoms. The maximum absolute atomic E-state index is 4.16. The summed E-state index contributed by atoms with van der Waals surface area (Å²) < 4.78 is 0. The van der Waals surface area contributed by atoms with E-state index in [1.807, 2.05) is 6.08 Å². The minimum atomic E-state index is 0. The van der Waals surface area contributed by atoms with Gasteiger partial charge in [0.2, 0.25) is 0 Å². The summed E-state index contributed by atoms with van der Waals surface area (Å²) in [5.74, 6) is 0.871. The van der Waals surface area contributed by atoms with E-state index < -0.39 is 0 Å². The molecule has 0 aliphatic carbocycles. The smallest absolute Gasteiger partial charge is 0.191 e. The fraction of sp³-hybridized carbons (Fsp3) is 0.800. The molecule has 0 bridgehead atoms. The van der Waals surface area contributed by atoms with Gasteiger partial charge >= 0.3 is 0 Å². The molecule has 0 spiro atoms. The Bertz CT molecular complexity index is 263. The van der Waals surface area contributed by atoms with Crippen molar-refractivity contribution in [1.29, 1.82) is 0 Å². The number of piperidine rings is 1. The lowest BCUT2D eigenvalue weighted by Gasteiger charge is -2.26. The van der Waals surface area contributed by atoms with Gasteiger partial charge in [-0.1, -0.05) is 18.9 Å². The second-order valence-corrected chi connectivity index (χ2v) is 5.13. The number of unbranched alkanes of at least 4 members (excludes halogenated alkanes) is 2. The Morgan fingerprint density at radius 3 is 2.55 bits per heavy atom. The largest absolute Gasteiger partial charge is 0.356 e. The van der Waals surface area contributed by atoms with Crippen LogP contribution in [0.5, 0.6) is 0 Å². The Morgan fingerprint density at radius 1 is 1.15 bits per heavy atom. The molecule has 0 amide bonds. The van der Waals surface area contributed by atoms with Gasteiger partial charge in [0, 0.05) is 20.1 Å². The highest BCUT2D eigenvalue weighted by Gasteiger charge is 2.08. The molecule has 1 fully saturated rings. The summed E-state index contributed by atoms with van der Waals surface area (Å²) in [6.45, 7) is 9.35. The van der Waals surface area contributed by atoms with Crippen molar-refractivity contribution < 1.29 is 0 Å². The number of nitrogens with one attached hydrogen (secondary N) is 2. The van der Waals surface area contributed by atoms with Crippen LogP contribution in [0.3, 0.4) is 0 Å². The van der Waals surface area contributed by atoms with Crippen molar-refractivity contribution in [1.82, 2.24) is 15.5 Å². The molecule has 1 rings (SSSR count). The number of hydrogen-bond acceptors (Lipinski definition) is 2. The fourth-order valence-electron chi connectivity index (χ4n) is 2.42. The van der Waals surface area contributed by atoms with Crippen molar-refractivity contribution in [3.8, 4) is 0 Å². The van der Waals surface area contributed by atoms with E-state index in [2.05, 4.69) is 27.1 Å². The number of rotatable bonds is 8. The standard InChI is InChI=1S/C15H30N4.HI/c1-3-10-17-15(16-2)18-11-6-4-7-12-19-13-8-5-9-14-19;/h3H,1,4-14H2,2H3,(H2,16,17,18);1H. The quantitative estimate of drug-likeness (QED) is 0.219. The highest BCUT2D eigenvalue weighted by molar-refractivity contribution is 14.0. The molecule has 1 heterocycles. The zero-order valence-corrected chi connectivity index (χ0v) is 15.2. The number of aliphatic imine (C=N–C) groups is 1. The summed E-state index contributed by atoms with van der Waals surface area (Å²) in [5.41, 5.74) is 0. The molecule has 0 unspecified atom stereocenters. The van der Waals surface area contributed by atoms with Gasteiger partial charge in [0.05, 0.1) is 0 Å². The predicted octanol–water partition coefficient (Wildman–Crippen LogP) is 2.61. The minimum Gasteiger partial charge on any atom is -0.356 e. The number of guanidine groups is 1. The maximum Gasteiger partial charge on any atom is 0.191 e. The lowest BCUT2D eigenvalue weighted by molar-refractivity contribution is 0.224. The summed E-state index contributed by atoms with van der Waals surface area (Å²) in [6.07, 6.45) is 9.88. The van der Waals surface area contributed by atoms with Crippen LogP contribution in [-0.4, -0.2) is 50.6 Å². The van der Waals surface area contributed by atoms with E-state index in [1.165, 1.54) is 58.2 Å². The zero-order valence-electron chi connectivity index (χ0n) is 12.9.